The highest BCUT2D eigenvalue weighted by Gasteiger charge is 2.06. The average molecular weight is 230 g/mol. The van der Waals surface area contributed by atoms with Gasteiger partial charge in [-0.05, 0) is 37.1 Å². The quantitative estimate of drug-likeness (QED) is 0.792. The van der Waals surface area contributed by atoms with Gasteiger partial charge in [0.25, 0.3) is 0 Å². The highest BCUT2D eigenvalue weighted by Crippen LogP contribution is 2.22. The van der Waals surface area contributed by atoms with Crippen molar-refractivity contribution in [3.8, 4) is 0 Å². The molecule has 0 fully saturated rings. The van der Waals surface area contributed by atoms with Gasteiger partial charge in [0.2, 0.25) is 0 Å². The van der Waals surface area contributed by atoms with Gasteiger partial charge < -0.3 is 0 Å². The molecule has 0 aliphatic rings. The molecule has 2 nitrogen and oxygen atoms in total. The van der Waals surface area contributed by atoms with E-state index in [0.717, 1.165) is 10.0 Å². The molecule has 0 saturated heterocycles. The maximum atomic E-state index is 5.10. The number of rotatable bonds is 2. The summed E-state index contributed by atoms with van der Waals surface area (Å²) < 4.78 is 1.08. The minimum Gasteiger partial charge on any atom is -0.297 e. The number of hydrogen-bond donors (Lipinski definition) is 1. The van der Waals surface area contributed by atoms with E-state index in [4.69, 9.17) is 10.7 Å². The molecule has 1 atom stereocenters. The molecule has 12 heavy (non-hydrogen) atoms. The first kappa shape index (κ1) is 9.71. The maximum Gasteiger partial charge on any atom is 0.101 e. The molecule has 2 N–H and O–H groups in total. The van der Waals surface area contributed by atoms with Crippen LogP contribution in [0.3, 0.4) is 0 Å². The zero-order valence-corrected chi connectivity index (χ0v) is 8.76. The maximum absolute atomic E-state index is 5.10. The van der Waals surface area contributed by atoms with Crippen molar-refractivity contribution in [1.82, 2.24) is 0 Å². The Hall–Kier alpha value is -0.380. The van der Waals surface area contributed by atoms with E-state index in [0.29, 0.717) is 0 Å². The first-order valence-electron chi connectivity index (χ1n) is 3.76. The topological polar surface area (TPSA) is 35.2 Å². The molecule has 0 spiro atoms. The molecular weight excluding hydrogens is 218 g/mol. The highest BCUT2D eigenvalue weighted by molar-refractivity contribution is 9.10. The summed E-state index contributed by atoms with van der Waals surface area (Å²) in [5.41, 5.74) is 2.31. The fourth-order valence-electron chi connectivity index (χ4n) is 1.17. The predicted octanol–water partition coefficient (Wildman–Crippen LogP) is 2.71. The minimum absolute atomic E-state index is 0.0434. The van der Waals surface area contributed by atoms with Crippen LogP contribution in [-0.4, -0.2) is 0 Å². The number of halogens is 1. The van der Waals surface area contributed by atoms with Gasteiger partial charge in [0.05, 0.1) is 0 Å². The molecule has 0 aromatic heterocycles. The molecule has 0 amide bonds. The Bertz CT molecular complexity index is 275. The number of aryl methyl sites for hydroxylation is 1. The third-order valence-corrected chi connectivity index (χ3v) is 2.37. The van der Waals surface area contributed by atoms with Crippen molar-refractivity contribution in [2.75, 3.05) is 0 Å². The summed E-state index contributed by atoms with van der Waals surface area (Å²) in [6, 6.07) is 6.04. The first-order valence-corrected chi connectivity index (χ1v) is 4.56. The van der Waals surface area contributed by atoms with Crippen LogP contribution < -0.4 is 5.90 Å². The van der Waals surface area contributed by atoms with Gasteiger partial charge in [-0.2, -0.15) is 0 Å². The zero-order valence-electron chi connectivity index (χ0n) is 7.17. The smallest absolute Gasteiger partial charge is 0.101 e. The monoisotopic (exact) mass is 229 g/mol. The van der Waals surface area contributed by atoms with Crippen LogP contribution in [0.2, 0.25) is 0 Å². The summed E-state index contributed by atoms with van der Waals surface area (Å²) in [5, 5.41) is 0. The van der Waals surface area contributed by atoms with Gasteiger partial charge >= 0.3 is 0 Å². The number of nitrogens with two attached hydrogens (primary N) is 1. The van der Waals surface area contributed by atoms with Crippen molar-refractivity contribution in [2.45, 2.75) is 20.0 Å². The second-order valence-corrected chi connectivity index (χ2v) is 3.69. The molecule has 1 rings (SSSR count). The summed E-state index contributed by atoms with van der Waals surface area (Å²) in [4.78, 5) is 4.74. The lowest BCUT2D eigenvalue weighted by Crippen LogP contribution is -2.06. The Morgan fingerprint density at radius 1 is 1.50 bits per heavy atom. The van der Waals surface area contributed by atoms with Crippen LogP contribution >= 0.6 is 15.9 Å². The van der Waals surface area contributed by atoms with Crippen LogP contribution in [0, 0.1) is 6.92 Å². The summed E-state index contributed by atoms with van der Waals surface area (Å²) >= 11 is 3.40. The molecule has 66 valence electrons. The van der Waals surface area contributed by atoms with Gasteiger partial charge in [0.15, 0.2) is 0 Å². The van der Waals surface area contributed by atoms with Gasteiger partial charge in [0.1, 0.15) is 6.10 Å². The molecule has 0 radical (unpaired) electrons. The molecule has 3 heteroatoms. The van der Waals surface area contributed by atoms with Crippen LogP contribution in [0.25, 0.3) is 0 Å². The fraction of sp³-hybridized carbons (Fsp3) is 0.333. The minimum atomic E-state index is -0.0434. The van der Waals surface area contributed by atoms with Crippen molar-refractivity contribution < 1.29 is 4.84 Å². The molecule has 0 aliphatic heterocycles. The summed E-state index contributed by atoms with van der Waals surface area (Å²) in [6.45, 7) is 3.96. The molecule has 1 aromatic rings. The van der Waals surface area contributed by atoms with Crippen LogP contribution in [0.15, 0.2) is 22.7 Å². The SMILES string of the molecule is Cc1cc(Br)ccc1C(C)ON. The van der Waals surface area contributed by atoms with Gasteiger partial charge in [-0.1, -0.05) is 22.0 Å². The lowest BCUT2D eigenvalue weighted by Gasteiger charge is -2.11. The third-order valence-electron chi connectivity index (χ3n) is 1.87. The number of benzene rings is 1. The highest BCUT2D eigenvalue weighted by atomic mass is 79.9. The second-order valence-electron chi connectivity index (χ2n) is 2.78. The standard InChI is InChI=1S/C9H12BrNO/c1-6-5-8(10)3-4-9(6)7(2)12-11/h3-5,7H,11H2,1-2H3. The number of hydrogen-bond acceptors (Lipinski definition) is 2. The van der Waals surface area contributed by atoms with E-state index in [1.807, 2.05) is 32.0 Å². The van der Waals surface area contributed by atoms with E-state index in [1.165, 1.54) is 5.56 Å². The van der Waals surface area contributed by atoms with Crippen LogP contribution in [0.1, 0.15) is 24.2 Å². The molecule has 0 bridgehead atoms. The van der Waals surface area contributed by atoms with E-state index in [-0.39, 0.29) is 6.10 Å². The van der Waals surface area contributed by atoms with Crippen LogP contribution in [-0.2, 0) is 4.84 Å². The van der Waals surface area contributed by atoms with Gasteiger partial charge in [-0.3, -0.25) is 4.84 Å². The Kier molecular flexibility index (Phi) is 3.26. The van der Waals surface area contributed by atoms with Crippen LogP contribution in [0.5, 0.6) is 0 Å². The Balaban J connectivity index is 3.01. The van der Waals surface area contributed by atoms with E-state index in [9.17, 15) is 0 Å². The van der Waals surface area contributed by atoms with Crippen molar-refractivity contribution in [2.24, 2.45) is 5.90 Å². The van der Waals surface area contributed by atoms with Crippen molar-refractivity contribution in [1.29, 1.82) is 0 Å². The Morgan fingerprint density at radius 2 is 2.17 bits per heavy atom. The summed E-state index contributed by atoms with van der Waals surface area (Å²) in [7, 11) is 0. The van der Waals surface area contributed by atoms with Gasteiger partial charge in [0, 0.05) is 4.47 Å². The average Bonchev–Trinajstić information content (AvgIpc) is 2.03. The van der Waals surface area contributed by atoms with Gasteiger partial charge in [-0.15, -0.1) is 0 Å². The van der Waals surface area contributed by atoms with Crippen molar-refractivity contribution in [3.05, 3.63) is 33.8 Å². The normalized spacial score (nSPS) is 13.0. The van der Waals surface area contributed by atoms with Crippen molar-refractivity contribution >= 4 is 15.9 Å². The van der Waals surface area contributed by atoms with E-state index in [1.54, 1.807) is 0 Å². The largest absolute Gasteiger partial charge is 0.297 e. The zero-order chi connectivity index (χ0) is 9.14. The third kappa shape index (κ3) is 2.06. The Labute approximate surface area is 80.8 Å². The summed E-state index contributed by atoms with van der Waals surface area (Å²) in [5.74, 6) is 5.10. The first-order chi connectivity index (χ1) is 5.65. The fourth-order valence-corrected chi connectivity index (χ4v) is 1.64. The molecule has 0 heterocycles. The van der Waals surface area contributed by atoms with Gasteiger partial charge in [-0.25, -0.2) is 5.90 Å². The van der Waals surface area contributed by atoms with E-state index >= 15 is 0 Å². The van der Waals surface area contributed by atoms with E-state index in [2.05, 4.69) is 15.9 Å². The predicted molar refractivity (Wildman–Crippen MR) is 52.6 cm³/mol. The van der Waals surface area contributed by atoms with Crippen LogP contribution in [0.4, 0.5) is 0 Å². The molecule has 0 aliphatic carbocycles. The second kappa shape index (κ2) is 4.03. The molecule has 0 saturated carbocycles. The Morgan fingerprint density at radius 3 is 2.67 bits per heavy atom. The molecule has 1 unspecified atom stereocenters. The van der Waals surface area contributed by atoms with E-state index < -0.39 is 0 Å². The van der Waals surface area contributed by atoms with Crippen molar-refractivity contribution in [3.63, 3.8) is 0 Å². The molecular formula is C9H12BrNO. The molecule has 1 aromatic carbocycles. The summed E-state index contributed by atoms with van der Waals surface area (Å²) in [6.07, 6.45) is -0.0434. The lowest BCUT2D eigenvalue weighted by atomic mass is 10.1. The lowest BCUT2D eigenvalue weighted by molar-refractivity contribution is 0.0660.